The lowest BCUT2D eigenvalue weighted by atomic mass is 10.0. The van der Waals surface area contributed by atoms with Gasteiger partial charge in [0.15, 0.2) is 0 Å². The fraction of sp³-hybridized carbons (Fsp3) is 0.267. The van der Waals surface area contributed by atoms with Crippen LogP contribution in [0, 0.1) is 12.7 Å². The Balaban J connectivity index is 0.000000861. The van der Waals surface area contributed by atoms with E-state index in [-0.39, 0.29) is 5.82 Å². The first kappa shape index (κ1) is 15.0. The van der Waals surface area contributed by atoms with Gasteiger partial charge in [0, 0.05) is 18.8 Å². The van der Waals surface area contributed by atoms with Gasteiger partial charge >= 0.3 is 0 Å². The highest BCUT2D eigenvalue weighted by molar-refractivity contribution is 5.76. The Bertz CT molecular complexity index is 585. The molecule has 0 amide bonds. The maximum Gasteiger partial charge on any atom is 0.126 e. The molecule has 1 heterocycles. The largest absolute Gasteiger partial charge is 0.397 e. The molecule has 0 aliphatic rings. The van der Waals surface area contributed by atoms with Gasteiger partial charge in [-0.2, -0.15) is 5.10 Å². The maximum atomic E-state index is 13.5. The standard InChI is InChI=1S/C13H14FN3.C2H6/c1-8-4-5-10(6-12(8)14)11-7-17(3)16-13(11)9(2)15;1-2/h4-7H,2,15H2,1,3H3;1-2H3. The molecular formula is C15H20FN3. The highest BCUT2D eigenvalue weighted by Crippen LogP contribution is 2.26. The zero-order valence-electron chi connectivity index (χ0n) is 11.9. The zero-order valence-corrected chi connectivity index (χ0v) is 11.9. The van der Waals surface area contributed by atoms with E-state index in [1.807, 2.05) is 19.9 Å². The van der Waals surface area contributed by atoms with Crippen LogP contribution in [0.5, 0.6) is 0 Å². The van der Waals surface area contributed by atoms with Crippen LogP contribution in [-0.4, -0.2) is 9.78 Å². The lowest BCUT2D eigenvalue weighted by Gasteiger charge is -2.03. The SMILES string of the molecule is C=C(N)c1nn(C)cc1-c1ccc(C)c(F)c1.CC. The molecule has 0 atom stereocenters. The van der Waals surface area contributed by atoms with E-state index >= 15 is 0 Å². The summed E-state index contributed by atoms with van der Waals surface area (Å²) < 4.78 is 15.2. The van der Waals surface area contributed by atoms with E-state index in [0.717, 1.165) is 11.1 Å². The molecule has 0 fully saturated rings. The Morgan fingerprint density at radius 1 is 1.37 bits per heavy atom. The second-order valence-electron chi connectivity index (χ2n) is 4.05. The minimum Gasteiger partial charge on any atom is -0.397 e. The lowest BCUT2D eigenvalue weighted by Crippen LogP contribution is -1.98. The van der Waals surface area contributed by atoms with Gasteiger partial charge in [-0.15, -0.1) is 0 Å². The van der Waals surface area contributed by atoms with Crippen molar-refractivity contribution in [3.63, 3.8) is 0 Å². The predicted molar refractivity (Wildman–Crippen MR) is 77.9 cm³/mol. The van der Waals surface area contributed by atoms with Crippen LogP contribution < -0.4 is 5.73 Å². The molecule has 102 valence electrons. The molecule has 19 heavy (non-hydrogen) atoms. The molecule has 2 rings (SSSR count). The second kappa shape index (κ2) is 6.18. The summed E-state index contributed by atoms with van der Waals surface area (Å²) in [5.41, 5.74) is 8.80. The summed E-state index contributed by atoms with van der Waals surface area (Å²) in [6.07, 6.45) is 1.80. The smallest absolute Gasteiger partial charge is 0.126 e. The summed E-state index contributed by atoms with van der Waals surface area (Å²) in [6.45, 7) is 9.40. The first-order chi connectivity index (χ1) is 8.99. The predicted octanol–water partition coefficient (Wildman–Crippen LogP) is 3.49. The van der Waals surface area contributed by atoms with Gasteiger partial charge < -0.3 is 5.73 Å². The topological polar surface area (TPSA) is 43.8 Å². The van der Waals surface area contributed by atoms with Crippen molar-refractivity contribution >= 4 is 5.70 Å². The van der Waals surface area contributed by atoms with Crippen LogP contribution in [0.25, 0.3) is 16.8 Å². The molecule has 2 aromatic rings. The monoisotopic (exact) mass is 261 g/mol. The summed E-state index contributed by atoms with van der Waals surface area (Å²) >= 11 is 0. The van der Waals surface area contributed by atoms with Gasteiger partial charge in [0.25, 0.3) is 0 Å². The van der Waals surface area contributed by atoms with Gasteiger partial charge in [-0.05, 0) is 24.1 Å². The lowest BCUT2D eigenvalue weighted by molar-refractivity contribution is 0.619. The third kappa shape index (κ3) is 3.22. The molecule has 3 nitrogen and oxygen atoms in total. The van der Waals surface area contributed by atoms with E-state index < -0.39 is 0 Å². The van der Waals surface area contributed by atoms with Gasteiger partial charge in [-0.3, -0.25) is 4.68 Å². The second-order valence-corrected chi connectivity index (χ2v) is 4.05. The summed E-state index contributed by atoms with van der Waals surface area (Å²) in [5.74, 6) is -0.236. The first-order valence-corrected chi connectivity index (χ1v) is 6.24. The third-order valence-corrected chi connectivity index (χ3v) is 2.62. The number of halogens is 1. The van der Waals surface area contributed by atoms with E-state index in [4.69, 9.17) is 5.73 Å². The molecular weight excluding hydrogens is 241 g/mol. The highest BCUT2D eigenvalue weighted by atomic mass is 19.1. The number of aromatic nitrogens is 2. The summed E-state index contributed by atoms with van der Waals surface area (Å²) in [5, 5.41) is 4.21. The van der Waals surface area contributed by atoms with E-state index in [0.29, 0.717) is 17.0 Å². The molecule has 1 aromatic carbocycles. The molecule has 4 heteroatoms. The zero-order chi connectivity index (χ0) is 14.6. The van der Waals surface area contributed by atoms with Crippen molar-refractivity contribution in [3.05, 3.63) is 48.0 Å². The van der Waals surface area contributed by atoms with Crippen molar-refractivity contribution in [2.24, 2.45) is 12.8 Å². The normalized spacial score (nSPS) is 9.74. The molecule has 0 unspecified atom stereocenters. The average molecular weight is 261 g/mol. The maximum absolute atomic E-state index is 13.5. The fourth-order valence-corrected chi connectivity index (χ4v) is 1.70. The summed E-state index contributed by atoms with van der Waals surface area (Å²) in [7, 11) is 1.79. The highest BCUT2D eigenvalue weighted by Gasteiger charge is 2.12. The number of nitrogens with two attached hydrogens (primary N) is 1. The molecule has 0 aliphatic carbocycles. The van der Waals surface area contributed by atoms with Crippen LogP contribution in [0.3, 0.4) is 0 Å². The van der Waals surface area contributed by atoms with Gasteiger partial charge in [0.05, 0.1) is 5.70 Å². The van der Waals surface area contributed by atoms with Gasteiger partial charge in [0.1, 0.15) is 11.5 Å². The number of hydrogen-bond donors (Lipinski definition) is 1. The van der Waals surface area contributed by atoms with Crippen molar-refractivity contribution in [1.29, 1.82) is 0 Å². The number of aryl methyl sites for hydroxylation is 2. The van der Waals surface area contributed by atoms with Crippen LogP contribution >= 0.6 is 0 Å². The Morgan fingerprint density at radius 3 is 2.53 bits per heavy atom. The van der Waals surface area contributed by atoms with E-state index in [2.05, 4.69) is 11.7 Å². The van der Waals surface area contributed by atoms with Crippen molar-refractivity contribution < 1.29 is 4.39 Å². The molecule has 1 aromatic heterocycles. The minimum absolute atomic E-state index is 0.236. The summed E-state index contributed by atoms with van der Waals surface area (Å²) in [4.78, 5) is 0. The van der Waals surface area contributed by atoms with Crippen LogP contribution in [-0.2, 0) is 7.05 Å². The van der Waals surface area contributed by atoms with Crippen LogP contribution in [0.1, 0.15) is 25.1 Å². The molecule has 0 bridgehead atoms. The van der Waals surface area contributed by atoms with Crippen molar-refractivity contribution in [2.45, 2.75) is 20.8 Å². The molecule has 0 spiro atoms. The summed E-state index contributed by atoms with van der Waals surface area (Å²) in [6, 6.07) is 5.07. The van der Waals surface area contributed by atoms with Crippen LogP contribution in [0.15, 0.2) is 31.0 Å². The van der Waals surface area contributed by atoms with Gasteiger partial charge in [-0.25, -0.2) is 4.39 Å². The Labute approximate surface area is 113 Å². The average Bonchev–Trinajstić information content (AvgIpc) is 2.77. The van der Waals surface area contributed by atoms with E-state index in [1.54, 1.807) is 30.9 Å². The Morgan fingerprint density at radius 2 is 2.00 bits per heavy atom. The number of rotatable bonds is 2. The molecule has 0 saturated carbocycles. The number of benzene rings is 1. The minimum atomic E-state index is -0.236. The molecule has 0 saturated heterocycles. The third-order valence-electron chi connectivity index (χ3n) is 2.62. The van der Waals surface area contributed by atoms with Crippen LogP contribution in [0.4, 0.5) is 4.39 Å². The Hall–Kier alpha value is -2.10. The number of nitrogens with zero attached hydrogens (tertiary/aromatic N) is 2. The number of hydrogen-bond acceptors (Lipinski definition) is 2. The quantitative estimate of drug-likeness (QED) is 0.899. The van der Waals surface area contributed by atoms with Crippen molar-refractivity contribution in [2.75, 3.05) is 0 Å². The van der Waals surface area contributed by atoms with E-state index in [9.17, 15) is 4.39 Å². The fourth-order valence-electron chi connectivity index (χ4n) is 1.70. The Kier molecular flexibility index (Phi) is 4.87. The molecule has 0 radical (unpaired) electrons. The van der Waals surface area contributed by atoms with Crippen molar-refractivity contribution in [3.8, 4) is 11.1 Å². The van der Waals surface area contributed by atoms with Crippen molar-refractivity contribution in [1.82, 2.24) is 9.78 Å². The first-order valence-electron chi connectivity index (χ1n) is 6.24. The molecule has 2 N–H and O–H groups in total. The van der Waals surface area contributed by atoms with E-state index in [1.165, 1.54) is 6.07 Å². The van der Waals surface area contributed by atoms with Gasteiger partial charge in [0.2, 0.25) is 0 Å². The van der Waals surface area contributed by atoms with Crippen LogP contribution in [0.2, 0.25) is 0 Å². The molecule has 0 aliphatic heterocycles. The van der Waals surface area contributed by atoms with Gasteiger partial charge in [-0.1, -0.05) is 32.6 Å².